The van der Waals surface area contributed by atoms with Crippen LogP contribution in [0.15, 0.2) is 42.1 Å². The Kier molecular flexibility index (Phi) is 6.31. The normalized spacial score (nSPS) is 12.0. The predicted octanol–water partition coefficient (Wildman–Crippen LogP) is 4.63. The van der Waals surface area contributed by atoms with Crippen molar-refractivity contribution in [3.63, 3.8) is 0 Å². The minimum absolute atomic E-state index is 0.107. The highest BCUT2D eigenvalue weighted by molar-refractivity contribution is 8.00. The molecule has 2 heterocycles. The number of nitrogens with one attached hydrogen (secondary N) is 1. The summed E-state index contributed by atoms with van der Waals surface area (Å²) in [4.78, 5) is 18.1. The Labute approximate surface area is 173 Å². The number of nitrogens with zero attached hydrogens (tertiary/aromatic N) is 4. The first kappa shape index (κ1) is 20.3. The van der Waals surface area contributed by atoms with Gasteiger partial charge in [0.1, 0.15) is 0 Å². The largest absolute Gasteiger partial charge is 0.301 e. The molecule has 0 bridgehead atoms. The monoisotopic (exact) mass is 413 g/mol. The van der Waals surface area contributed by atoms with E-state index in [0.717, 1.165) is 27.5 Å². The van der Waals surface area contributed by atoms with Crippen LogP contribution in [0.4, 0.5) is 5.13 Å². The molecule has 0 fully saturated rings. The van der Waals surface area contributed by atoms with Crippen LogP contribution in [0.5, 0.6) is 0 Å². The Morgan fingerprint density at radius 1 is 1.32 bits per heavy atom. The fourth-order valence-corrected chi connectivity index (χ4v) is 4.31. The van der Waals surface area contributed by atoms with E-state index in [1.165, 1.54) is 23.1 Å². The smallest absolute Gasteiger partial charge is 0.239 e. The van der Waals surface area contributed by atoms with Crippen molar-refractivity contribution in [2.45, 2.75) is 44.6 Å². The van der Waals surface area contributed by atoms with Crippen LogP contribution in [0.2, 0.25) is 0 Å². The lowest BCUT2D eigenvalue weighted by Gasteiger charge is -2.12. The van der Waals surface area contributed by atoms with Gasteiger partial charge in [0.05, 0.1) is 10.9 Å². The molecule has 1 aromatic carbocycles. The van der Waals surface area contributed by atoms with Crippen molar-refractivity contribution in [2.75, 3.05) is 5.32 Å². The lowest BCUT2D eigenvalue weighted by molar-refractivity contribution is -0.115. The van der Waals surface area contributed by atoms with Crippen LogP contribution >= 0.6 is 23.1 Å². The SMILES string of the molecule is C=CCn1c(S[C@H](C)C(=O)Nc2nc(C)c(C)s2)nnc1-c1ccccc1C. The second kappa shape index (κ2) is 8.70. The number of carbonyl (C=O) groups excluding carboxylic acids is 1. The molecule has 3 aromatic rings. The highest BCUT2D eigenvalue weighted by Gasteiger charge is 2.22. The van der Waals surface area contributed by atoms with Gasteiger partial charge in [-0.15, -0.1) is 28.1 Å². The summed E-state index contributed by atoms with van der Waals surface area (Å²) in [7, 11) is 0. The van der Waals surface area contributed by atoms with Crippen LogP contribution in [0, 0.1) is 20.8 Å². The predicted molar refractivity (Wildman–Crippen MR) is 116 cm³/mol. The van der Waals surface area contributed by atoms with Crippen LogP contribution in [0.1, 0.15) is 23.1 Å². The van der Waals surface area contributed by atoms with E-state index in [0.29, 0.717) is 16.8 Å². The minimum atomic E-state index is -0.345. The molecule has 0 spiro atoms. The third-order valence-electron chi connectivity index (χ3n) is 4.32. The molecule has 1 N–H and O–H groups in total. The number of allylic oxidation sites excluding steroid dienone is 1. The highest BCUT2D eigenvalue weighted by Crippen LogP contribution is 2.29. The van der Waals surface area contributed by atoms with E-state index >= 15 is 0 Å². The summed E-state index contributed by atoms with van der Waals surface area (Å²) < 4.78 is 1.99. The van der Waals surface area contributed by atoms with Gasteiger partial charge < -0.3 is 5.32 Å². The number of carbonyl (C=O) groups is 1. The molecule has 1 amide bonds. The zero-order valence-corrected chi connectivity index (χ0v) is 18.0. The molecule has 8 heteroatoms. The first-order chi connectivity index (χ1) is 13.4. The molecule has 0 aliphatic carbocycles. The standard InChI is InChI=1S/C20H23N5OS2/c1-6-11-25-17(16-10-8-7-9-12(16)2)23-24-20(25)28-15(5)18(26)22-19-21-13(3)14(4)27-19/h6-10,15H,1,11H2,2-5H3,(H,21,22,26)/t15-/m1/s1. The molecular formula is C20H23N5OS2. The fraction of sp³-hybridized carbons (Fsp3) is 0.300. The van der Waals surface area contributed by atoms with E-state index in [9.17, 15) is 4.79 Å². The molecule has 3 rings (SSSR count). The maximum Gasteiger partial charge on any atom is 0.239 e. The maximum absolute atomic E-state index is 12.6. The van der Waals surface area contributed by atoms with Gasteiger partial charge in [-0.25, -0.2) is 4.98 Å². The highest BCUT2D eigenvalue weighted by atomic mass is 32.2. The van der Waals surface area contributed by atoms with Crippen LogP contribution < -0.4 is 5.32 Å². The van der Waals surface area contributed by atoms with Crippen LogP contribution in [-0.2, 0) is 11.3 Å². The van der Waals surface area contributed by atoms with Gasteiger partial charge in [-0.1, -0.05) is 42.1 Å². The summed E-state index contributed by atoms with van der Waals surface area (Å²) in [5, 5.41) is 12.6. The molecule has 146 valence electrons. The molecule has 0 saturated heterocycles. The lowest BCUT2D eigenvalue weighted by Crippen LogP contribution is -2.22. The van der Waals surface area contributed by atoms with E-state index in [1.54, 1.807) is 6.08 Å². The maximum atomic E-state index is 12.6. The summed E-state index contributed by atoms with van der Waals surface area (Å²) in [6.07, 6.45) is 1.81. The molecule has 2 aromatic heterocycles. The van der Waals surface area contributed by atoms with Crippen molar-refractivity contribution in [3.8, 4) is 11.4 Å². The van der Waals surface area contributed by atoms with Gasteiger partial charge in [-0.2, -0.15) is 0 Å². The number of aryl methyl sites for hydroxylation is 3. The topological polar surface area (TPSA) is 72.7 Å². The van der Waals surface area contributed by atoms with Gasteiger partial charge in [-0.3, -0.25) is 9.36 Å². The zero-order valence-electron chi connectivity index (χ0n) is 16.4. The van der Waals surface area contributed by atoms with Crippen LogP contribution in [0.3, 0.4) is 0 Å². The molecule has 0 aliphatic rings. The molecule has 1 atom stereocenters. The number of aromatic nitrogens is 4. The van der Waals surface area contributed by atoms with E-state index < -0.39 is 0 Å². The molecular weight excluding hydrogens is 390 g/mol. The number of anilines is 1. The minimum Gasteiger partial charge on any atom is -0.301 e. The summed E-state index contributed by atoms with van der Waals surface area (Å²) in [6.45, 7) is 12.2. The number of hydrogen-bond acceptors (Lipinski definition) is 6. The number of thioether (sulfide) groups is 1. The van der Waals surface area contributed by atoms with Gasteiger partial charge in [-0.05, 0) is 33.3 Å². The number of rotatable bonds is 7. The summed E-state index contributed by atoms with van der Waals surface area (Å²) >= 11 is 2.86. The third-order valence-corrected chi connectivity index (χ3v) is 6.39. The Morgan fingerprint density at radius 2 is 2.07 bits per heavy atom. The van der Waals surface area contributed by atoms with Gasteiger partial charge >= 0.3 is 0 Å². The third kappa shape index (κ3) is 4.34. The average Bonchev–Trinajstić information content (AvgIpc) is 3.19. The van der Waals surface area contributed by atoms with Crippen molar-refractivity contribution < 1.29 is 4.79 Å². The zero-order chi connectivity index (χ0) is 20.3. The molecule has 0 aliphatic heterocycles. The van der Waals surface area contributed by atoms with E-state index in [4.69, 9.17) is 0 Å². The van der Waals surface area contributed by atoms with Crippen molar-refractivity contribution in [1.29, 1.82) is 0 Å². The van der Waals surface area contributed by atoms with Crippen LogP contribution in [-0.4, -0.2) is 30.9 Å². The summed E-state index contributed by atoms with van der Waals surface area (Å²) in [5.74, 6) is 0.670. The van der Waals surface area contributed by atoms with Gasteiger partial charge in [0.15, 0.2) is 16.1 Å². The quantitative estimate of drug-likeness (QED) is 0.451. The van der Waals surface area contributed by atoms with Gasteiger partial charge in [0, 0.05) is 17.0 Å². The first-order valence-electron chi connectivity index (χ1n) is 8.92. The second-order valence-corrected chi connectivity index (χ2v) is 8.94. The number of thiazole rings is 1. The number of benzene rings is 1. The van der Waals surface area contributed by atoms with Gasteiger partial charge in [0.2, 0.25) is 5.91 Å². The van der Waals surface area contributed by atoms with Crippen molar-refractivity contribution in [2.24, 2.45) is 0 Å². The van der Waals surface area contributed by atoms with Crippen LogP contribution in [0.25, 0.3) is 11.4 Å². The van der Waals surface area contributed by atoms with Crippen molar-refractivity contribution in [3.05, 3.63) is 53.1 Å². The van der Waals surface area contributed by atoms with E-state index in [-0.39, 0.29) is 11.2 Å². The summed E-state index contributed by atoms with van der Waals surface area (Å²) in [6, 6.07) is 8.05. The lowest BCUT2D eigenvalue weighted by atomic mass is 10.1. The number of hydrogen-bond donors (Lipinski definition) is 1. The Morgan fingerprint density at radius 3 is 2.71 bits per heavy atom. The Balaban J connectivity index is 1.80. The average molecular weight is 414 g/mol. The van der Waals surface area contributed by atoms with Gasteiger partial charge in [0.25, 0.3) is 0 Å². The second-order valence-electron chi connectivity index (χ2n) is 6.43. The first-order valence-corrected chi connectivity index (χ1v) is 10.6. The Bertz CT molecular complexity index is 988. The molecule has 0 unspecified atom stereocenters. The Hall–Kier alpha value is -2.45. The fourth-order valence-electron chi connectivity index (χ4n) is 2.64. The summed E-state index contributed by atoms with van der Waals surface area (Å²) in [5.41, 5.74) is 3.08. The van der Waals surface area contributed by atoms with E-state index in [2.05, 4.69) is 27.1 Å². The molecule has 0 saturated carbocycles. The molecule has 0 radical (unpaired) electrons. The van der Waals surface area contributed by atoms with Crippen molar-refractivity contribution >= 4 is 34.1 Å². The number of amides is 1. The van der Waals surface area contributed by atoms with Crippen molar-refractivity contribution in [1.82, 2.24) is 19.7 Å². The molecule has 6 nitrogen and oxygen atoms in total. The van der Waals surface area contributed by atoms with E-state index in [1.807, 2.05) is 56.5 Å². The molecule has 28 heavy (non-hydrogen) atoms.